The minimum Gasteiger partial charge on any atom is -0.462 e. The second-order valence-corrected chi connectivity index (χ2v) is 22.8. The zero-order chi connectivity index (χ0) is 42.5. The standard InChI is InChI=1S/C44H76N4O8/c1-37(2)19-27(20-38(3,4)45-37)53-33(49)17-31(35(51)55-29-23-41(9,10)47-42(11,12)24-29)32(36(52)56-30-25-43(13,14)48-44(15,16)26-30)18-34(50)54-28-21-39(5,6)46-40(7,8)22-28/h17,27-30,32,45-48H,18-26H2,1-16H3/b31-17-. The molecule has 4 aliphatic rings. The molecule has 0 radical (unpaired) electrons. The SMILES string of the molecule is CC1(C)CC(OC(=O)/C=C(\C(=O)OC2CC(C)(C)NC(C)(C)C2)C(CC(=O)OC2CC(C)(C)NC(C)(C)C2)C(=O)OC2CC(C)(C)NC(C)(C)C2)CC(C)(C)N1. The van der Waals surface area contributed by atoms with Crippen LogP contribution in [0.2, 0.25) is 0 Å². The van der Waals surface area contributed by atoms with Crippen LogP contribution < -0.4 is 21.3 Å². The molecular formula is C44H76N4O8. The van der Waals surface area contributed by atoms with Gasteiger partial charge in [-0.3, -0.25) is 9.59 Å². The number of hydrogen-bond acceptors (Lipinski definition) is 12. The molecule has 1 atom stereocenters. The van der Waals surface area contributed by atoms with E-state index in [0.29, 0.717) is 51.4 Å². The second-order valence-electron chi connectivity index (χ2n) is 22.8. The highest BCUT2D eigenvalue weighted by Crippen LogP contribution is 2.36. The maximum Gasteiger partial charge on any atom is 0.335 e. The summed E-state index contributed by atoms with van der Waals surface area (Å²) < 4.78 is 24.6. The van der Waals surface area contributed by atoms with Gasteiger partial charge in [-0.2, -0.15) is 0 Å². The van der Waals surface area contributed by atoms with Crippen LogP contribution in [-0.2, 0) is 38.1 Å². The van der Waals surface area contributed by atoms with Crippen LogP contribution >= 0.6 is 0 Å². The Morgan fingerprint density at radius 3 is 1.09 bits per heavy atom. The van der Waals surface area contributed by atoms with E-state index in [4.69, 9.17) is 18.9 Å². The van der Waals surface area contributed by atoms with Crippen molar-refractivity contribution < 1.29 is 38.1 Å². The van der Waals surface area contributed by atoms with Gasteiger partial charge in [0.2, 0.25) is 0 Å². The summed E-state index contributed by atoms with van der Waals surface area (Å²) >= 11 is 0. The smallest absolute Gasteiger partial charge is 0.335 e. The van der Waals surface area contributed by atoms with E-state index in [9.17, 15) is 19.2 Å². The van der Waals surface area contributed by atoms with Crippen molar-refractivity contribution in [2.45, 2.75) is 237 Å². The fraction of sp³-hybridized carbons (Fsp3) is 0.864. The first kappa shape index (κ1) is 46.2. The van der Waals surface area contributed by atoms with Crippen molar-refractivity contribution in [2.24, 2.45) is 5.92 Å². The van der Waals surface area contributed by atoms with Gasteiger partial charge in [0, 0.05) is 102 Å². The van der Waals surface area contributed by atoms with Crippen LogP contribution in [0.5, 0.6) is 0 Å². The van der Waals surface area contributed by atoms with Crippen LogP contribution in [0, 0.1) is 5.92 Å². The van der Waals surface area contributed by atoms with Crippen molar-refractivity contribution in [3.8, 4) is 0 Å². The maximum atomic E-state index is 14.6. The van der Waals surface area contributed by atoms with E-state index < -0.39 is 60.6 Å². The molecule has 4 fully saturated rings. The molecule has 320 valence electrons. The molecule has 0 spiro atoms. The topological polar surface area (TPSA) is 153 Å². The van der Waals surface area contributed by atoms with Gasteiger partial charge in [0.15, 0.2) is 0 Å². The molecule has 0 aromatic heterocycles. The number of rotatable bonds is 10. The normalized spacial score (nSPS) is 27.7. The van der Waals surface area contributed by atoms with Gasteiger partial charge in [0.1, 0.15) is 24.4 Å². The number of carbonyl (C=O) groups excluding carboxylic acids is 4. The van der Waals surface area contributed by atoms with E-state index in [-0.39, 0.29) is 49.9 Å². The molecule has 56 heavy (non-hydrogen) atoms. The Hall–Kier alpha value is -2.54. The summed E-state index contributed by atoms with van der Waals surface area (Å²) in [5.74, 6) is -4.54. The van der Waals surface area contributed by atoms with Crippen LogP contribution in [0.4, 0.5) is 0 Å². The molecular weight excluding hydrogens is 713 g/mol. The highest BCUT2D eigenvalue weighted by molar-refractivity contribution is 6.02. The van der Waals surface area contributed by atoms with E-state index in [2.05, 4.69) is 104 Å². The van der Waals surface area contributed by atoms with Gasteiger partial charge in [-0.1, -0.05) is 0 Å². The van der Waals surface area contributed by atoms with Gasteiger partial charge >= 0.3 is 23.9 Å². The van der Waals surface area contributed by atoms with Gasteiger partial charge in [0.25, 0.3) is 0 Å². The average molecular weight is 789 g/mol. The number of hydrogen-bond donors (Lipinski definition) is 4. The Kier molecular flexibility index (Phi) is 13.1. The Bertz CT molecular complexity index is 1460. The third-order valence-electron chi connectivity index (χ3n) is 11.3. The van der Waals surface area contributed by atoms with E-state index in [1.807, 2.05) is 27.7 Å². The number of esters is 4. The van der Waals surface area contributed by atoms with E-state index in [1.54, 1.807) is 0 Å². The second kappa shape index (κ2) is 15.9. The van der Waals surface area contributed by atoms with Crippen molar-refractivity contribution in [2.75, 3.05) is 0 Å². The number of piperidine rings is 4. The lowest BCUT2D eigenvalue weighted by atomic mass is 9.80. The van der Waals surface area contributed by atoms with Crippen molar-refractivity contribution >= 4 is 23.9 Å². The van der Waals surface area contributed by atoms with Gasteiger partial charge in [-0.05, 0) is 111 Å². The Morgan fingerprint density at radius 2 is 0.750 bits per heavy atom. The summed E-state index contributed by atoms with van der Waals surface area (Å²) in [6.07, 6.45) is 2.95. The molecule has 0 amide bonds. The van der Waals surface area contributed by atoms with Crippen molar-refractivity contribution in [1.29, 1.82) is 0 Å². The first-order chi connectivity index (χ1) is 25.1. The predicted octanol–water partition coefficient (Wildman–Crippen LogP) is 6.33. The third-order valence-corrected chi connectivity index (χ3v) is 11.3. The zero-order valence-electron chi connectivity index (χ0n) is 37.6. The molecule has 4 aliphatic heterocycles. The molecule has 0 bridgehead atoms. The number of carbonyl (C=O) groups is 4. The van der Waals surface area contributed by atoms with Crippen molar-refractivity contribution in [3.05, 3.63) is 11.6 Å². The molecule has 4 rings (SSSR count). The highest BCUT2D eigenvalue weighted by atomic mass is 16.6. The molecule has 4 N–H and O–H groups in total. The molecule has 1 unspecified atom stereocenters. The Morgan fingerprint density at radius 1 is 0.464 bits per heavy atom. The first-order valence-corrected chi connectivity index (χ1v) is 20.8. The molecule has 4 heterocycles. The minimum absolute atomic E-state index is 0.267. The van der Waals surface area contributed by atoms with Gasteiger partial charge < -0.3 is 40.2 Å². The van der Waals surface area contributed by atoms with Crippen LogP contribution in [0.25, 0.3) is 0 Å². The maximum absolute atomic E-state index is 14.6. The predicted molar refractivity (Wildman–Crippen MR) is 218 cm³/mol. The van der Waals surface area contributed by atoms with Crippen LogP contribution in [0.15, 0.2) is 11.6 Å². The summed E-state index contributed by atoms with van der Waals surface area (Å²) in [5.41, 5.74) is -2.87. The summed E-state index contributed by atoms with van der Waals surface area (Å²) in [5, 5.41) is 14.4. The van der Waals surface area contributed by atoms with Gasteiger partial charge in [0.05, 0.1) is 17.9 Å². The molecule has 0 saturated carbocycles. The summed E-state index contributed by atoms with van der Waals surface area (Å²) in [6.45, 7) is 32.9. The first-order valence-electron chi connectivity index (χ1n) is 20.8. The van der Waals surface area contributed by atoms with Crippen LogP contribution in [0.3, 0.4) is 0 Å². The van der Waals surface area contributed by atoms with Gasteiger partial charge in [-0.25, -0.2) is 9.59 Å². The summed E-state index contributed by atoms with van der Waals surface area (Å²) in [7, 11) is 0. The zero-order valence-corrected chi connectivity index (χ0v) is 37.6. The van der Waals surface area contributed by atoms with Crippen LogP contribution in [0.1, 0.15) is 169 Å². The van der Waals surface area contributed by atoms with Crippen molar-refractivity contribution in [3.63, 3.8) is 0 Å². The van der Waals surface area contributed by atoms with E-state index in [0.717, 1.165) is 6.08 Å². The van der Waals surface area contributed by atoms with E-state index >= 15 is 0 Å². The fourth-order valence-corrected chi connectivity index (χ4v) is 11.1. The third kappa shape index (κ3) is 13.8. The lowest BCUT2D eigenvalue weighted by molar-refractivity contribution is -0.166. The summed E-state index contributed by atoms with van der Waals surface area (Å²) in [6, 6.07) is 0. The molecule has 12 heteroatoms. The molecule has 4 saturated heterocycles. The lowest BCUT2D eigenvalue weighted by Gasteiger charge is -2.46. The van der Waals surface area contributed by atoms with Gasteiger partial charge in [-0.15, -0.1) is 0 Å². The summed E-state index contributed by atoms with van der Waals surface area (Å²) in [4.78, 5) is 57.1. The van der Waals surface area contributed by atoms with Crippen molar-refractivity contribution in [1.82, 2.24) is 21.3 Å². The number of ether oxygens (including phenoxy) is 4. The average Bonchev–Trinajstić information content (AvgIpc) is 2.87. The molecule has 0 aliphatic carbocycles. The Balaban J connectivity index is 1.72. The molecule has 12 nitrogen and oxygen atoms in total. The minimum atomic E-state index is -1.48. The molecule has 0 aromatic rings. The fourth-order valence-electron chi connectivity index (χ4n) is 11.1. The highest BCUT2D eigenvalue weighted by Gasteiger charge is 2.46. The quantitative estimate of drug-likeness (QED) is 0.111. The number of nitrogens with one attached hydrogen (secondary N) is 4. The monoisotopic (exact) mass is 789 g/mol. The van der Waals surface area contributed by atoms with Crippen LogP contribution in [-0.4, -0.2) is 92.6 Å². The molecule has 0 aromatic carbocycles. The Labute approximate surface area is 337 Å². The largest absolute Gasteiger partial charge is 0.462 e. The van der Waals surface area contributed by atoms with E-state index in [1.165, 1.54) is 0 Å². The lowest BCUT2D eigenvalue weighted by Crippen LogP contribution is -2.60.